The van der Waals surface area contributed by atoms with Crippen molar-refractivity contribution in [2.24, 2.45) is 53.3 Å². The van der Waals surface area contributed by atoms with E-state index in [9.17, 15) is 0 Å². The van der Waals surface area contributed by atoms with E-state index in [2.05, 4.69) is 48.5 Å². The largest absolute Gasteiger partial charge is 0.0654 e. The summed E-state index contributed by atoms with van der Waals surface area (Å²) in [6, 6.07) is 0. The summed E-state index contributed by atoms with van der Waals surface area (Å²) in [7, 11) is 0. The predicted molar refractivity (Wildman–Crippen MR) is 98.8 cm³/mol. The number of hydrogen-bond donors (Lipinski definition) is 0. The molecule has 0 spiro atoms. The molecule has 2 rings (SSSR count). The molecule has 0 aromatic carbocycles. The Morgan fingerprint density at radius 3 is 1.95 bits per heavy atom. The van der Waals surface area contributed by atoms with E-state index in [0.717, 1.165) is 53.3 Å². The number of hydrogen-bond acceptors (Lipinski definition) is 0. The van der Waals surface area contributed by atoms with Gasteiger partial charge in [0.15, 0.2) is 0 Å². The van der Waals surface area contributed by atoms with Gasteiger partial charge in [0.2, 0.25) is 0 Å². The molecule has 0 radical (unpaired) electrons. The van der Waals surface area contributed by atoms with Crippen LogP contribution in [0, 0.1) is 53.3 Å². The van der Waals surface area contributed by atoms with E-state index in [-0.39, 0.29) is 0 Å². The number of rotatable bonds is 10. The van der Waals surface area contributed by atoms with Crippen molar-refractivity contribution in [1.29, 1.82) is 0 Å². The fraction of sp³-hybridized carbons (Fsp3) is 1.00. The Bertz CT molecular complexity index is 327. The minimum atomic E-state index is 0.852. The van der Waals surface area contributed by atoms with Crippen molar-refractivity contribution in [1.82, 2.24) is 0 Å². The molecule has 2 aliphatic carbocycles. The van der Waals surface area contributed by atoms with Gasteiger partial charge in [-0.25, -0.2) is 0 Å². The third kappa shape index (κ3) is 4.30. The Labute approximate surface area is 140 Å². The van der Waals surface area contributed by atoms with E-state index < -0.39 is 0 Å². The minimum Gasteiger partial charge on any atom is -0.0654 e. The van der Waals surface area contributed by atoms with Gasteiger partial charge >= 0.3 is 0 Å². The molecule has 0 saturated heterocycles. The fourth-order valence-corrected chi connectivity index (χ4v) is 5.57. The van der Waals surface area contributed by atoms with E-state index in [4.69, 9.17) is 0 Å². The molecule has 2 fully saturated rings. The van der Waals surface area contributed by atoms with Crippen LogP contribution in [0.5, 0.6) is 0 Å². The normalized spacial score (nSPS) is 33.5. The molecule has 0 aromatic heterocycles. The lowest BCUT2D eigenvalue weighted by Gasteiger charge is -2.29. The zero-order valence-corrected chi connectivity index (χ0v) is 16.4. The van der Waals surface area contributed by atoms with Gasteiger partial charge in [-0.1, -0.05) is 74.1 Å². The van der Waals surface area contributed by atoms with Gasteiger partial charge in [-0.2, -0.15) is 0 Å². The van der Waals surface area contributed by atoms with Crippen molar-refractivity contribution < 1.29 is 0 Å². The van der Waals surface area contributed by atoms with Crippen LogP contribution < -0.4 is 0 Å². The highest BCUT2D eigenvalue weighted by atomic mass is 14.6. The summed E-state index contributed by atoms with van der Waals surface area (Å²) in [6.07, 6.45) is 8.75. The molecule has 7 unspecified atom stereocenters. The highest BCUT2D eigenvalue weighted by molar-refractivity contribution is 5.04. The summed E-state index contributed by atoms with van der Waals surface area (Å²) in [5.41, 5.74) is 0. The maximum Gasteiger partial charge on any atom is -0.0323 e. The van der Waals surface area contributed by atoms with Crippen LogP contribution in [-0.2, 0) is 0 Å². The molecule has 0 N–H and O–H groups in total. The SMILES string of the molecule is CCCC(C(C)C)C(C)CCC(C)C(C)C1C(C)C1C1CC1. The molecule has 0 heterocycles. The van der Waals surface area contributed by atoms with Crippen molar-refractivity contribution in [3.05, 3.63) is 0 Å². The van der Waals surface area contributed by atoms with Crippen LogP contribution in [0.1, 0.15) is 87.0 Å². The molecule has 0 aliphatic heterocycles. The van der Waals surface area contributed by atoms with Gasteiger partial charge in [-0.15, -0.1) is 0 Å². The minimum absolute atomic E-state index is 0.852. The van der Waals surface area contributed by atoms with E-state index in [1.54, 1.807) is 0 Å². The lowest BCUT2D eigenvalue weighted by molar-refractivity contribution is 0.210. The van der Waals surface area contributed by atoms with Crippen molar-refractivity contribution >= 4 is 0 Å². The Morgan fingerprint density at radius 1 is 0.864 bits per heavy atom. The first kappa shape index (κ1) is 18.3. The van der Waals surface area contributed by atoms with E-state index >= 15 is 0 Å². The topological polar surface area (TPSA) is 0 Å². The third-order valence-corrected chi connectivity index (χ3v) is 7.48. The van der Waals surface area contributed by atoms with Crippen LogP contribution in [0.2, 0.25) is 0 Å². The highest BCUT2D eigenvalue weighted by Crippen LogP contribution is 2.62. The van der Waals surface area contributed by atoms with Crippen LogP contribution in [0.25, 0.3) is 0 Å². The van der Waals surface area contributed by atoms with Gasteiger partial charge in [0.05, 0.1) is 0 Å². The molecule has 0 heteroatoms. The summed E-state index contributed by atoms with van der Waals surface area (Å²) in [5, 5.41) is 0. The molecular weight excluding hydrogens is 264 g/mol. The molecule has 0 bridgehead atoms. The Balaban J connectivity index is 1.75. The Hall–Kier alpha value is 0. The van der Waals surface area contributed by atoms with Crippen LogP contribution in [0.15, 0.2) is 0 Å². The monoisotopic (exact) mass is 306 g/mol. The second-order valence-corrected chi connectivity index (χ2v) is 9.44. The maximum absolute atomic E-state index is 2.56. The molecule has 2 aliphatic rings. The zero-order valence-electron chi connectivity index (χ0n) is 16.4. The second-order valence-electron chi connectivity index (χ2n) is 9.44. The average Bonchev–Trinajstić information content (AvgIpc) is 3.36. The summed E-state index contributed by atoms with van der Waals surface area (Å²) in [5.74, 6) is 8.91. The maximum atomic E-state index is 2.56. The first-order valence-electron chi connectivity index (χ1n) is 10.4. The van der Waals surface area contributed by atoms with E-state index in [1.807, 2.05) is 0 Å². The first-order chi connectivity index (χ1) is 10.4. The van der Waals surface area contributed by atoms with Gasteiger partial charge < -0.3 is 0 Å². The van der Waals surface area contributed by atoms with Crippen molar-refractivity contribution in [2.45, 2.75) is 87.0 Å². The summed E-state index contributed by atoms with van der Waals surface area (Å²) < 4.78 is 0. The molecule has 2 saturated carbocycles. The third-order valence-electron chi connectivity index (χ3n) is 7.48. The lowest BCUT2D eigenvalue weighted by atomic mass is 9.76. The Kier molecular flexibility index (Phi) is 6.43. The van der Waals surface area contributed by atoms with Gasteiger partial charge in [0.1, 0.15) is 0 Å². The molecule has 0 aromatic rings. The molecule has 0 nitrogen and oxygen atoms in total. The smallest absolute Gasteiger partial charge is 0.0323 e. The summed E-state index contributed by atoms with van der Waals surface area (Å²) in [6.45, 7) is 17.3. The Morgan fingerprint density at radius 2 is 1.45 bits per heavy atom. The summed E-state index contributed by atoms with van der Waals surface area (Å²) in [4.78, 5) is 0. The molecule has 0 amide bonds. The van der Waals surface area contributed by atoms with Crippen LogP contribution >= 0.6 is 0 Å². The second kappa shape index (κ2) is 7.71. The summed E-state index contributed by atoms with van der Waals surface area (Å²) >= 11 is 0. The van der Waals surface area contributed by atoms with Gasteiger partial charge in [0, 0.05) is 0 Å². The average molecular weight is 307 g/mol. The lowest BCUT2D eigenvalue weighted by Crippen LogP contribution is -2.20. The van der Waals surface area contributed by atoms with Crippen LogP contribution in [0.3, 0.4) is 0 Å². The molecule has 7 atom stereocenters. The quantitative estimate of drug-likeness (QED) is 0.406. The standard InChI is InChI=1S/C22H42/c1-8-9-20(14(2)3)16(5)11-10-15(4)17(6)21-18(7)22(21)19-12-13-19/h14-22H,8-13H2,1-7H3. The van der Waals surface area contributed by atoms with Crippen molar-refractivity contribution in [2.75, 3.05) is 0 Å². The van der Waals surface area contributed by atoms with Crippen molar-refractivity contribution in [3.63, 3.8) is 0 Å². The van der Waals surface area contributed by atoms with Crippen LogP contribution in [-0.4, -0.2) is 0 Å². The van der Waals surface area contributed by atoms with E-state index in [0.29, 0.717) is 0 Å². The molecule has 22 heavy (non-hydrogen) atoms. The van der Waals surface area contributed by atoms with Gasteiger partial charge in [-0.05, 0) is 66.1 Å². The fourth-order valence-electron chi connectivity index (χ4n) is 5.57. The first-order valence-corrected chi connectivity index (χ1v) is 10.4. The van der Waals surface area contributed by atoms with E-state index in [1.165, 1.54) is 38.5 Å². The van der Waals surface area contributed by atoms with Crippen molar-refractivity contribution in [3.8, 4) is 0 Å². The van der Waals surface area contributed by atoms with Crippen LogP contribution in [0.4, 0.5) is 0 Å². The van der Waals surface area contributed by atoms with Gasteiger partial charge in [0.25, 0.3) is 0 Å². The zero-order chi connectivity index (χ0) is 16.4. The predicted octanol–water partition coefficient (Wildman–Crippen LogP) is 7.04. The van der Waals surface area contributed by atoms with Gasteiger partial charge in [-0.3, -0.25) is 0 Å². The molecule has 130 valence electrons. The highest BCUT2D eigenvalue weighted by Gasteiger charge is 2.56. The molecular formula is C22H42.